The molecule has 0 radical (unpaired) electrons. The molecule has 12 aromatic rings. The van der Waals surface area contributed by atoms with Gasteiger partial charge in [0.2, 0.25) is 17.3 Å². The van der Waals surface area contributed by atoms with Crippen LogP contribution in [0.3, 0.4) is 0 Å². The number of pyridine rings is 6. The molecule has 0 unspecified atom stereocenters. The van der Waals surface area contributed by atoms with E-state index in [2.05, 4.69) is 55.5 Å². The SMILES string of the molecule is C.Cc1nc(N)ccc1CN.Cc1nc(N)ccc1CNC(=O)c1cnc(Cc2ccc3ncc(Cl)cc3c2)o1.Cc1nc(N)ccc1CNC(=O)c1cnc(Cc2ccc3ncc(Cl)cc3c2)o1.Cl.O=C(O)c1cnc(Cc2ccc3ncc(Cl)cc3c2)o1. The lowest BCUT2D eigenvalue weighted by Gasteiger charge is -2.06. The summed E-state index contributed by atoms with van der Waals surface area (Å²) in [6, 6.07) is 33.7. The molecular weight excluding hydrogens is 1230 g/mol. The van der Waals surface area contributed by atoms with Crippen LogP contribution in [0, 0.1) is 20.8 Å². The molecule has 2 amide bonds. The van der Waals surface area contributed by atoms with Gasteiger partial charge in [-0.2, -0.15) is 0 Å². The maximum atomic E-state index is 12.4. The maximum absolute atomic E-state index is 12.4. The number of rotatable bonds is 14. The smallest absolute Gasteiger partial charge is 0.373 e. The molecular formula is C64H61Cl4N15O7. The van der Waals surface area contributed by atoms with Gasteiger partial charge in [-0.05, 0) is 127 Å². The minimum atomic E-state index is -1.13. The minimum absolute atomic E-state index is 0. The van der Waals surface area contributed by atoms with Gasteiger partial charge in [0.15, 0.2) is 17.7 Å². The summed E-state index contributed by atoms with van der Waals surface area (Å²) in [5.41, 5.74) is 32.9. The van der Waals surface area contributed by atoms with Gasteiger partial charge in [0.25, 0.3) is 11.8 Å². The number of amides is 2. The number of nitrogens with one attached hydrogen (secondary N) is 2. The average molecular weight is 1290 g/mol. The Morgan fingerprint density at radius 3 is 1.09 bits per heavy atom. The van der Waals surface area contributed by atoms with E-state index in [0.29, 0.717) is 89.1 Å². The van der Waals surface area contributed by atoms with Gasteiger partial charge in [0.1, 0.15) is 17.5 Å². The van der Waals surface area contributed by atoms with Crippen LogP contribution in [0.2, 0.25) is 15.1 Å². The lowest BCUT2D eigenvalue weighted by molar-refractivity contribution is 0.0660. The van der Waals surface area contributed by atoms with Gasteiger partial charge >= 0.3 is 5.97 Å². The Hall–Kier alpha value is -10.1. The topological polar surface area (TPSA) is 355 Å². The van der Waals surface area contributed by atoms with Crippen molar-refractivity contribution in [2.24, 2.45) is 5.73 Å². The summed E-state index contributed by atoms with van der Waals surface area (Å²) in [5.74, 6) is 1.07. The van der Waals surface area contributed by atoms with E-state index in [0.717, 1.165) is 83.2 Å². The number of aryl methyl sites for hydroxylation is 3. The molecule has 0 aliphatic carbocycles. The summed E-state index contributed by atoms with van der Waals surface area (Å²) in [7, 11) is 0. The summed E-state index contributed by atoms with van der Waals surface area (Å²) in [6.07, 6.45) is 10.2. The summed E-state index contributed by atoms with van der Waals surface area (Å²) in [4.78, 5) is 73.0. The number of nitrogen functional groups attached to an aromatic ring is 3. The van der Waals surface area contributed by atoms with Gasteiger partial charge in [-0.15, -0.1) is 12.4 Å². The Morgan fingerprint density at radius 2 is 0.778 bits per heavy atom. The zero-order valence-corrected chi connectivity index (χ0v) is 51.0. The number of halogens is 4. The van der Waals surface area contributed by atoms with E-state index < -0.39 is 5.97 Å². The lowest BCUT2D eigenvalue weighted by atomic mass is 10.1. The first-order chi connectivity index (χ1) is 42.3. The molecule has 12 rings (SSSR count). The number of carboxylic acid groups (broad SMARTS) is 1. The highest BCUT2D eigenvalue weighted by Gasteiger charge is 2.17. The summed E-state index contributed by atoms with van der Waals surface area (Å²) in [6.45, 7) is 6.77. The second-order valence-corrected chi connectivity index (χ2v) is 21.1. The van der Waals surface area contributed by atoms with E-state index in [-0.39, 0.29) is 48.9 Å². The van der Waals surface area contributed by atoms with Crippen LogP contribution >= 0.6 is 47.2 Å². The number of nitrogens with zero attached hydrogens (tertiary/aromatic N) is 9. The third kappa shape index (κ3) is 18.5. The van der Waals surface area contributed by atoms with Crippen molar-refractivity contribution in [2.75, 3.05) is 17.2 Å². The number of fused-ring (bicyclic) bond motifs is 3. The van der Waals surface area contributed by atoms with Crippen LogP contribution in [0.1, 0.15) is 107 Å². The van der Waals surface area contributed by atoms with Crippen LogP contribution in [-0.4, -0.2) is 67.7 Å². The fourth-order valence-corrected chi connectivity index (χ4v) is 9.24. The highest BCUT2D eigenvalue weighted by Crippen LogP contribution is 2.24. The molecule has 0 saturated heterocycles. The number of oxazole rings is 3. The fraction of sp³-hybridized carbons (Fsp3) is 0.156. The molecule has 0 fully saturated rings. The van der Waals surface area contributed by atoms with Crippen LogP contribution in [0.15, 0.2) is 160 Å². The van der Waals surface area contributed by atoms with Crippen molar-refractivity contribution < 1.29 is 32.7 Å². The van der Waals surface area contributed by atoms with Gasteiger partial charge in [-0.3, -0.25) is 24.5 Å². The van der Waals surface area contributed by atoms with Crippen molar-refractivity contribution in [1.29, 1.82) is 0 Å². The highest BCUT2D eigenvalue weighted by atomic mass is 35.5. The molecule has 26 heteroatoms. The molecule has 0 saturated carbocycles. The van der Waals surface area contributed by atoms with Crippen molar-refractivity contribution in [3.8, 4) is 0 Å². The summed E-state index contributed by atoms with van der Waals surface area (Å²) in [5, 5.41) is 18.9. The Kier molecular flexibility index (Phi) is 23.4. The van der Waals surface area contributed by atoms with Gasteiger partial charge in [0.05, 0.1) is 50.2 Å². The molecule has 3 aromatic carbocycles. The second-order valence-electron chi connectivity index (χ2n) is 19.7. The van der Waals surface area contributed by atoms with Crippen LogP contribution < -0.4 is 33.6 Å². The summed E-state index contributed by atoms with van der Waals surface area (Å²) < 4.78 is 16.4. The molecule has 462 valence electrons. The molecule has 9 aromatic heterocycles. The standard InChI is InChI=1S/2C21H18ClN5O2.C14H9ClN2O3.C7H11N3.CH4.ClH/c2*1-12-14(3-5-19(23)27-12)9-26-21(28)18-11-25-20(29-18)7-13-2-4-17-15(6-13)8-16(22)10-24-17;15-10-5-9-3-8(1-2-11(9)16-6-10)4-13-17-7-12(20-13)14(18)19;1-5-6(4-8)2-3-7(9)10-5;;/h2*2-6,8,10-11H,7,9H2,1H3,(H2,23,27)(H,26,28);1-3,5-7H,4H2,(H,18,19);2-3H,4,8H2,1H3,(H2,9,10);1H4;1H. The second kappa shape index (κ2) is 31.2. The minimum Gasteiger partial charge on any atom is -0.475 e. The maximum Gasteiger partial charge on any atom is 0.373 e. The van der Waals surface area contributed by atoms with Gasteiger partial charge < -0.3 is 51.9 Å². The van der Waals surface area contributed by atoms with Gasteiger partial charge in [-0.1, -0.05) is 78.6 Å². The van der Waals surface area contributed by atoms with Crippen molar-refractivity contribution in [1.82, 2.24) is 55.5 Å². The monoisotopic (exact) mass is 1290 g/mol. The molecule has 0 aliphatic rings. The number of aromatic nitrogens is 9. The number of hydrogen-bond acceptors (Lipinski definition) is 19. The average Bonchev–Trinajstić information content (AvgIpc) is 1.68. The highest BCUT2D eigenvalue weighted by molar-refractivity contribution is 6.31. The van der Waals surface area contributed by atoms with Gasteiger partial charge in [-0.25, -0.2) is 34.7 Å². The Balaban J connectivity index is 0.000000179. The number of anilines is 3. The van der Waals surface area contributed by atoms with Crippen LogP contribution in [0.5, 0.6) is 0 Å². The lowest BCUT2D eigenvalue weighted by Crippen LogP contribution is -2.23. The number of nitrogens with two attached hydrogens (primary N) is 4. The first-order valence-corrected chi connectivity index (χ1v) is 28.1. The Morgan fingerprint density at radius 1 is 0.456 bits per heavy atom. The molecule has 9 heterocycles. The van der Waals surface area contributed by atoms with Crippen molar-refractivity contribution >= 4 is 115 Å². The predicted molar refractivity (Wildman–Crippen MR) is 350 cm³/mol. The van der Waals surface area contributed by atoms with Crippen LogP contribution in [0.4, 0.5) is 17.5 Å². The third-order valence-corrected chi connectivity index (χ3v) is 13.9. The molecule has 90 heavy (non-hydrogen) atoms. The predicted octanol–water partition coefficient (Wildman–Crippen LogP) is 12.0. The van der Waals surface area contributed by atoms with Crippen LogP contribution in [0.25, 0.3) is 32.7 Å². The molecule has 11 N–H and O–H groups in total. The number of carbonyl (C=O) groups is 3. The fourth-order valence-electron chi connectivity index (χ4n) is 8.74. The van der Waals surface area contributed by atoms with E-state index in [4.69, 9.17) is 76.1 Å². The van der Waals surface area contributed by atoms with Crippen LogP contribution in [-0.2, 0) is 38.9 Å². The first-order valence-electron chi connectivity index (χ1n) is 26.9. The largest absolute Gasteiger partial charge is 0.475 e. The van der Waals surface area contributed by atoms with Crippen molar-refractivity contribution in [2.45, 2.75) is 67.1 Å². The molecule has 0 bridgehead atoms. The number of aromatic carboxylic acids is 1. The number of benzene rings is 3. The van der Waals surface area contributed by atoms with E-state index in [1.54, 1.807) is 36.8 Å². The molecule has 0 atom stereocenters. The van der Waals surface area contributed by atoms with E-state index in [9.17, 15) is 14.4 Å². The van der Waals surface area contributed by atoms with E-state index in [1.807, 2.05) is 112 Å². The number of carbonyl (C=O) groups excluding carboxylic acids is 2. The van der Waals surface area contributed by atoms with E-state index in [1.165, 1.54) is 18.6 Å². The first kappa shape index (κ1) is 67.4. The third-order valence-electron chi connectivity index (χ3n) is 13.3. The zero-order chi connectivity index (χ0) is 62.4. The van der Waals surface area contributed by atoms with Crippen molar-refractivity contribution in [3.63, 3.8) is 0 Å². The Labute approximate surface area is 537 Å². The molecule has 22 nitrogen and oxygen atoms in total. The van der Waals surface area contributed by atoms with Crippen molar-refractivity contribution in [3.05, 3.63) is 247 Å². The van der Waals surface area contributed by atoms with E-state index >= 15 is 0 Å². The number of hydrogen-bond donors (Lipinski definition) is 7. The molecule has 0 spiro atoms. The number of carboxylic acids is 1. The van der Waals surface area contributed by atoms with Gasteiger partial charge in [0, 0.05) is 90.7 Å². The molecule has 0 aliphatic heterocycles. The Bertz CT molecular complexity index is 4310. The normalized spacial score (nSPS) is 10.6. The quantitative estimate of drug-likeness (QED) is 0.0532. The summed E-state index contributed by atoms with van der Waals surface area (Å²) >= 11 is 17.9. The zero-order valence-electron chi connectivity index (χ0n) is 47.9.